The lowest BCUT2D eigenvalue weighted by Crippen LogP contribution is -2.55. The fraction of sp³-hybridized carbons (Fsp3) is 0.619. The molecule has 4 heteroatoms. The fourth-order valence-corrected chi connectivity index (χ4v) is 4.24. The van der Waals surface area contributed by atoms with E-state index in [0.717, 1.165) is 43.5 Å². The zero-order valence-electron chi connectivity index (χ0n) is 16.1. The summed E-state index contributed by atoms with van der Waals surface area (Å²) in [7, 11) is 3.99. The van der Waals surface area contributed by atoms with Gasteiger partial charge in [-0.3, -0.25) is 4.90 Å². The molecule has 0 aliphatic carbocycles. The molecule has 0 N–H and O–H groups in total. The van der Waals surface area contributed by atoms with Crippen LogP contribution in [0.5, 0.6) is 11.5 Å². The lowest BCUT2D eigenvalue weighted by atomic mass is 9.88. The van der Waals surface area contributed by atoms with Crippen LogP contribution in [0.4, 0.5) is 0 Å². The molecule has 0 spiro atoms. The Labute approximate surface area is 152 Å². The summed E-state index contributed by atoms with van der Waals surface area (Å²) in [5, 5.41) is 0. The van der Waals surface area contributed by atoms with Crippen LogP contribution in [0.2, 0.25) is 0 Å². The van der Waals surface area contributed by atoms with E-state index >= 15 is 0 Å². The van der Waals surface area contributed by atoms with E-state index in [2.05, 4.69) is 49.4 Å². The number of nitrogens with zero attached hydrogens (tertiary/aromatic N) is 2. The number of rotatable bonds is 6. The second kappa shape index (κ2) is 7.79. The van der Waals surface area contributed by atoms with Gasteiger partial charge >= 0.3 is 0 Å². The van der Waals surface area contributed by atoms with Gasteiger partial charge in [0, 0.05) is 31.7 Å². The van der Waals surface area contributed by atoms with Crippen LogP contribution in [-0.4, -0.2) is 56.2 Å². The number of fused-ring (bicyclic) bond motifs is 3. The summed E-state index contributed by atoms with van der Waals surface area (Å²) >= 11 is 0. The summed E-state index contributed by atoms with van der Waals surface area (Å²) < 4.78 is 11.4. The van der Waals surface area contributed by atoms with E-state index in [-0.39, 0.29) is 0 Å². The molecule has 0 aromatic heterocycles. The largest absolute Gasteiger partial charge is 0.493 e. The van der Waals surface area contributed by atoms with E-state index in [1.54, 1.807) is 13.2 Å². The highest BCUT2D eigenvalue weighted by atomic mass is 16.5. The standard InChI is InChI=1S/C21H32N2O2/c1-6-9-25-21-11-16-7-8-23-13-17(10-15(2)3)22(4)14-19(23)18(16)12-20(21)24-5/h6,11-12,15,17,19H,1,7-10,13-14H2,2-5H3/t17-,19-/m1/s1. The topological polar surface area (TPSA) is 24.9 Å². The first-order chi connectivity index (χ1) is 12.0. The molecule has 25 heavy (non-hydrogen) atoms. The van der Waals surface area contributed by atoms with Crippen molar-refractivity contribution in [2.45, 2.75) is 38.8 Å². The first-order valence-electron chi connectivity index (χ1n) is 9.42. The molecule has 2 aliphatic heterocycles. The molecule has 0 bridgehead atoms. The molecule has 1 aromatic carbocycles. The molecule has 0 radical (unpaired) electrons. The van der Waals surface area contributed by atoms with E-state index in [4.69, 9.17) is 9.47 Å². The van der Waals surface area contributed by atoms with Crippen LogP contribution in [-0.2, 0) is 6.42 Å². The summed E-state index contributed by atoms with van der Waals surface area (Å²) in [6, 6.07) is 5.49. The number of hydrogen-bond donors (Lipinski definition) is 0. The molecule has 138 valence electrons. The minimum atomic E-state index is 0.458. The van der Waals surface area contributed by atoms with Gasteiger partial charge in [0.05, 0.1) is 7.11 Å². The van der Waals surface area contributed by atoms with Crippen molar-refractivity contribution in [3.05, 3.63) is 35.9 Å². The molecule has 2 atom stereocenters. The van der Waals surface area contributed by atoms with Crippen molar-refractivity contribution in [1.29, 1.82) is 0 Å². The Kier molecular flexibility index (Phi) is 5.70. The van der Waals surface area contributed by atoms with Gasteiger partial charge in [0.1, 0.15) is 6.61 Å². The number of ether oxygens (including phenoxy) is 2. The van der Waals surface area contributed by atoms with Crippen molar-refractivity contribution in [3.63, 3.8) is 0 Å². The Morgan fingerprint density at radius 2 is 2.08 bits per heavy atom. The maximum atomic E-state index is 5.79. The van der Waals surface area contributed by atoms with Gasteiger partial charge in [0.2, 0.25) is 0 Å². The number of benzene rings is 1. The molecule has 2 heterocycles. The van der Waals surface area contributed by atoms with Gasteiger partial charge in [-0.15, -0.1) is 0 Å². The van der Waals surface area contributed by atoms with Gasteiger partial charge in [-0.25, -0.2) is 0 Å². The third kappa shape index (κ3) is 3.85. The second-order valence-corrected chi connectivity index (χ2v) is 7.79. The average Bonchev–Trinajstić information content (AvgIpc) is 2.59. The van der Waals surface area contributed by atoms with E-state index in [1.165, 1.54) is 17.5 Å². The smallest absolute Gasteiger partial charge is 0.161 e. The van der Waals surface area contributed by atoms with Crippen molar-refractivity contribution >= 4 is 0 Å². The Hall–Kier alpha value is -1.52. The molecule has 0 amide bonds. The molecule has 1 fully saturated rings. The summed E-state index contributed by atoms with van der Waals surface area (Å²) in [6.07, 6.45) is 4.12. The minimum absolute atomic E-state index is 0.458. The molecular weight excluding hydrogens is 312 g/mol. The molecule has 0 saturated carbocycles. The van der Waals surface area contributed by atoms with E-state index in [1.807, 2.05) is 0 Å². The predicted molar refractivity (Wildman–Crippen MR) is 103 cm³/mol. The van der Waals surface area contributed by atoms with Gasteiger partial charge in [-0.05, 0) is 49.1 Å². The highest BCUT2D eigenvalue weighted by molar-refractivity contribution is 5.50. The molecular formula is C21H32N2O2. The Morgan fingerprint density at radius 1 is 1.28 bits per heavy atom. The van der Waals surface area contributed by atoms with Crippen LogP contribution < -0.4 is 9.47 Å². The quantitative estimate of drug-likeness (QED) is 0.737. The SMILES string of the molecule is C=CCOc1cc2c(cc1OC)[C@H]1CN(C)[C@H](CC(C)C)CN1CC2. The molecule has 1 aromatic rings. The van der Waals surface area contributed by atoms with Gasteiger partial charge < -0.3 is 14.4 Å². The summed E-state index contributed by atoms with van der Waals surface area (Å²) in [6.45, 7) is 12.3. The van der Waals surface area contributed by atoms with Crippen molar-refractivity contribution in [2.75, 3.05) is 40.4 Å². The number of hydrogen-bond acceptors (Lipinski definition) is 4. The van der Waals surface area contributed by atoms with Crippen LogP contribution in [0.15, 0.2) is 24.8 Å². The molecule has 0 unspecified atom stereocenters. The highest BCUT2D eigenvalue weighted by Gasteiger charge is 2.36. The van der Waals surface area contributed by atoms with Crippen LogP contribution in [0.25, 0.3) is 0 Å². The van der Waals surface area contributed by atoms with Gasteiger partial charge in [0.25, 0.3) is 0 Å². The van der Waals surface area contributed by atoms with Crippen molar-refractivity contribution in [3.8, 4) is 11.5 Å². The average molecular weight is 344 g/mol. The maximum absolute atomic E-state index is 5.79. The number of likely N-dealkylation sites (N-methyl/N-ethyl adjacent to an activating group) is 1. The van der Waals surface area contributed by atoms with Crippen LogP contribution in [0, 0.1) is 5.92 Å². The molecule has 4 nitrogen and oxygen atoms in total. The summed E-state index contributed by atoms with van der Waals surface area (Å²) in [5.41, 5.74) is 2.81. The third-order valence-corrected chi connectivity index (χ3v) is 5.52. The van der Waals surface area contributed by atoms with E-state index in [9.17, 15) is 0 Å². The second-order valence-electron chi connectivity index (χ2n) is 7.79. The lowest BCUT2D eigenvalue weighted by molar-refractivity contribution is 0.0294. The number of piperazine rings is 1. The molecule has 3 rings (SSSR count). The zero-order valence-corrected chi connectivity index (χ0v) is 16.1. The predicted octanol–water partition coefficient (Wildman–Crippen LogP) is 3.52. The maximum Gasteiger partial charge on any atom is 0.161 e. The normalized spacial score (nSPS) is 23.9. The first-order valence-corrected chi connectivity index (χ1v) is 9.42. The fourth-order valence-electron chi connectivity index (χ4n) is 4.24. The van der Waals surface area contributed by atoms with Crippen LogP contribution in [0.1, 0.15) is 37.4 Å². The summed E-state index contributed by atoms with van der Waals surface area (Å²) in [5.74, 6) is 2.40. The van der Waals surface area contributed by atoms with E-state index in [0.29, 0.717) is 18.7 Å². The monoisotopic (exact) mass is 344 g/mol. The van der Waals surface area contributed by atoms with Gasteiger partial charge in [-0.2, -0.15) is 0 Å². The molecule has 2 aliphatic rings. The van der Waals surface area contributed by atoms with Crippen molar-refractivity contribution in [2.24, 2.45) is 5.92 Å². The third-order valence-electron chi connectivity index (χ3n) is 5.52. The van der Waals surface area contributed by atoms with Crippen LogP contribution >= 0.6 is 0 Å². The lowest BCUT2D eigenvalue weighted by Gasteiger charge is -2.48. The Balaban J connectivity index is 1.85. The van der Waals surface area contributed by atoms with Gasteiger partial charge in [0.15, 0.2) is 11.5 Å². The Bertz CT molecular complexity index is 614. The van der Waals surface area contributed by atoms with Crippen molar-refractivity contribution in [1.82, 2.24) is 9.80 Å². The first kappa shape index (κ1) is 18.3. The van der Waals surface area contributed by atoms with E-state index < -0.39 is 0 Å². The van der Waals surface area contributed by atoms with Gasteiger partial charge in [-0.1, -0.05) is 26.5 Å². The highest BCUT2D eigenvalue weighted by Crippen LogP contribution is 2.40. The van der Waals surface area contributed by atoms with Crippen LogP contribution in [0.3, 0.4) is 0 Å². The van der Waals surface area contributed by atoms with Crippen molar-refractivity contribution < 1.29 is 9.47 Å². The number of methoxy groups -OCH3 is 1. The Morgan fingerprint density at radius 3 is 2.76 bits per heavy atom. The minimum Gasteiger partial charge on any atom is -0.493 e. The summed E-state index contributed by atoms with van der Waals surface area (Å²) in [4.78, 5) is 5.21. The molecule has 1 saturated heterocycles. The zero-order chi connectivity index (χ0) is 18.0.